The Morgan fingerprint density at radius 1 is 1.45 bits per heavy atom. The van der Waals surface area contributed by atoms with E-state index in [0.29, 0.717) is 23.5 Å². The van der Waals surface area contributed by atoms with Crippen molar-refractivity contribution >= 4 is 44.4 Å². The lowest BCUT2D eigenvalue weighted by molar-refractivity contribution is -0.115. The molecule has 2 aromatic rings. The molecule has 1 heterocycles. The summed E-state index contributed by atoms with van der Waals surface area (Å²) in [5.41, 5.74) is 1.71. The molecule has 0 bridgehead atoms. The SMILES string of the molecule is CCOC(=O)c1cc2cccc(NC(=O)C(C)Br)c2[nH]1. The van der Waals surface area contributed by atoms with Crippen LogP contribution in [0.3, 0.4) is 0 Å². The molecule has 5 nitrogen and oxygen atoms in total. The lowest BCUT2D eigenvalue weighted by Crippen LogP contribution is -2.20. The molecular weight excluding hydrogens is 324 g/mol. The van der Waals surface area contributed by atoms with Crippen LogP contribution in [0.1, 0.15) is 24.3 Å². The van der Waals surface area contributed by atoms with Crippen molar-refractivity contribution in [2.24, 2.45) is 0 Å². The van der Waals surface area contributed by atoms with E-state index >= 15 is 0 Å². The van der Waals surface area contributed by atoms with E-state index in [1.54, 1.807) is 26.0 Å². The molecule has 0 aliphatic rings. The maximum absolute atomic E-state index is 11.7. The Bertz CT molecular complexity index is 649. The van der Waals surface area contributed by atoms with Gasteiger partial charge in [-0.2, -0.15) is 0 Å². The number of anilines is 1. The quantitative estimate of drug-likeness (QED) is 0.664. The lowest BCUT2D eigenvalue weighted by atomic mass is 10.2. The van der Waals surface area contributed by atoms with Crippen LogP contribution in [-0.4, -0.2) is 28.3 Å². The van der Waals surface area contributed by atoms with Gasteiger partial charge in [0.15, 0.2) is 0 Å². The molecule has 0 fully saturated rings. The number of hydrogen-bond acceptors (Lipinski definition) is 3. The molecule has 1 unspecified atom stereocenters. The highest BCUT2D eigenvalue weighted by Gasteiger charge is 2.14. The van der Waals surface area contributed by atoms with E-state index in [1.807, 2.05) is 12.1 Å². The highest BCUT2D eigenvalue weighted by molar-refractivity contribution is 9.10. The van der Waals surface area contributed by atoms with Crippen LogP contribution in [0.25, 0.3) is 10.9 Å². The van der Waals surface area contributed by atoms with Gasteiger partial charge in [0.2, 0.25) is 5.91 Å². The zero-order valence-electron chi connectivity index (χ0n) is 11.2. The van der Waals surface area contributed by atoms with Crippen molar-refractivity contribution in [3.05, 3.63) is 30.0 Å². The highest BCUT2D eigenvalue weighted by Crippen LogP contribution is 2.24. The third-order valence-electron chi connectivity index (χ3n) is 2.77. The summed E-state index contributed by atoms with van der Waals surface area (Å²) in [7, 11) is 0. The Morgan fingerprint density at radius 3 is 2.85 bits per heavy atom. The van der Waals surface area contributed by atoms with E-state index in [-0.39, 0.29) is 10.7 Å². The molecule has 106 valence electrons. The molecule has 2 rings (SSSR count). The summed E-state index contributed by atoms with van der Waals surface area (Å²) in [5, 5.41) is 3.64. The van der Waals surface area contributed by atoms with Crippen LogP contribution in [0.4, 0.5) is 5.69 Å². The van der Waals surface area contributed by atoms with Crippen LogP contribution in [0, 0.1) is 0 Å². The van der Waals surface area contributed by atoms with Crippen LogP contribution in [0.5, 0.6) is 0 Å². The highest BCUT2D eigenvalue weighted by atomic mass is 79.9. The van der Waals surface area contributed by atoms with Crippen molar-refractivity contribution < 1.29 is 14.3 Å². The molecule has 20 heavy (non-hydrogen) atoms. The number of alkyl halides is 1. The summed E-state index contributed by atoms with van der Waals surface area (Å²) < 4.78 is 4.95. The third kappa shape index (κ3) is 3.01. The molecule has 1 atom stereocenters. The minimum atomic E-state index is -0.408. The second kappa shape index (κ2) is 6.09. The molecule has 1 aromatic heterocycles. The van der Waals surface area contributed by atoms with Gasteiger partial charge in [-0.25, -0.2) is 4.79 Å². The van der Waals surface area contributed by atoms with Gasteiger partial charge in [0, 0.05) is 5.39 Å². The smallest absolute Gasteiger partial charge is 0.354 e. The number of carbonyl (C=O) groups excluding carboxylic acids is 2. The summed E-state index contributed by atoms with van der Waals surface area (Å²) in [6.07, 6.45) is 0. The predicted molar refractivity (Wildman–Crippen MR) is 81.3 cm³/mol. The van der Waals surface area contributed by atoms with Crippen molar-refractivity contribution in [2.75, 3.05) is 11.9 Å². The van der Waals surface area contributed by atoms with Crippen molar-refractivity contribution in [2.45, 2.75) is 18.7 Å². The number of nitrogens with one attached hydrogen (secondary N) is 2. The number of halogens is 1. The fraction of sp³-hybridized carbons (Fsp3) is 0.286. The van der Waals surface area contributed by atoms with Gasteiger partial charge in [0.1, 0.15) is 5.69 Å². The van der Waals surface area contributed by atoms with Gasteiger partial charge in [-0.15, -0.1) is 0 Å². The maximum Gasteiger partial charge on any atom is 0.354 e. The first-order valence-electron chi connectivity index (χ1n) is 6.26. The Balaban J connectivity index is 2.37. The summed E-state index contributed by atoms with van der Waals surface area (Å²) in [5.74, 6) is -0.556. The van der Waals surface area contributed by atoms with E-state index in [4.69, 9.17) is 4.74 Å². The van der Waals surface area contributed by atoms with E-state index in [2.05, 4.69) is 26.2 Å². The number of para-hydroxylation sites is 1. The number of aromatic nitrogens is 1. The number of H-pyrrole nitrogens is 1. The molecule has 1 aromatic carbocycles. The maximum atomic E-state index is 11.7. The average molecular weight is 339 g/mol. The monoisotopic (exact) mass is 338 g/mol. The number of carbonyl (C=O) groups is 2. The third-order valence-corrected chi connectivity index (χ3v) is 3.19. The van der Waals surface area contributed by atoms with Crippen molar-refractivity contribution in [3.8, 4) is 0 Å². The van der Waals surface area contributed by atoms with Gasteiger partial charge in [0.05, 0.1) is 22.6 Å². The zero-order valence-corrected chi connectivity index (χ0v) is 12.8. The van der Waals surface area contributed by atoms with Gasteiger partial charge in [-0.3, -0.25) is 4.79 Å². The number of fused-ring (bicyclic) bond motifs is 1. The fourth-order valence-electron chi connectivity index (χ4n) is 1.81. The minimum absolute atomic E-state index is 0.148. The number of benzene rings is 1. The molecule has 6 heteroatoms. The van der Waals surface area contributed by atoms with Crippen LogP contribution < -0.4 is 5.32 Å². The van der Waals surface area contributed by atoms with Crippen LogP contribution in [-0.2, 0) is 9.53 Å². The van der Waals surface area contributed by atoms with Crippen LogP contribution in [0.2, 0.25) is 0 Å². The molecule has 0 aliphatic heterocycles. The van der Waals surface area contributed by atoms with Gasteiger partial charge in [0.25, 0.3) is 0 Å². The second-order valence-electron chi connectivity index (χ2n) is 4.28. The molecule has 0 aliphatic carbocycles. The first-order chi connectivity index (χ1) is 9.52. The molecular formula is C14H15BrN2O3. The van der Waals surface area contributed by atoms with Crippen molar-refractivity contribution in [3.63, 3.8) is 0 Å². The summed E-state index contributed by atoms with van der Waals surface area (Å²) in [4.78, 5) is 26.1. The van der Waals surface area contributed by atoms with E-state index < -0.39 is 5.97 Å². The Hall–Kier alpha value is -1.82. The van der Waals surface area contributed by atoms with Gasteiger partial charge < -0.3 is 15.0 Å². The van der Waals surface area contributed by atoms with E-state index in [1.165, 1.54) is 0 Å². The first-order valence-corrected chi connectivity index (χ1v) is 7.18. The molecule has 1 amide bonds. The van der Waals surface area contributed by atoms with Gasteiger partial charge >= 0.3 is 5.97 Å². The number of hydrogen-bond donors (Lipinski definition) is 2. The van der Waals surface area contributed by atoms with E-state index in [0.717, 1.165) is 5.39 Å². The number of aromatic amines is 1. The topological polar surface area (TPSA) is 71.2 Å². The number of ether oxygens (including phenoxy) is 1. The summed E-state index contributed by atoms with van der Waals surface area (Å²) in [6.45, 7) is 3.82. The summed E-state index contributed by atoms with van der Waals surface area (Å²) in [6, 6.07) is 7.17. The zero-order chi connectivity index (χ0) is 14.7. The van der Waals surface area contributed by atoms with Crippen molar-refractivity contribution in [1.29, 1.82) is 0 Å². The molecule has 0 saturated heterocycles. The fourth-order valence-corrected chi connectivity index (χ4v) is 1.93. The number of amides is 1. The Labute approximate surface area is 124 Å². The minimum Gasteiger partial charge on any atom is -0.461 e. The first kappa shape index (κ1) is 14.6. The molecule has 0 spiro atoms. The van der Waals surface area contributed by atoms with Gasteiger partial charge in [-0.1, -0.05) is 28.1 Å². The largest absolute Gasteiger partial charge is 0.461 e. The van der Waals surface area contributed by atoms with Crippen LogP contribution >= 0.6 is 15.9 Å². The van der Waals surface area contributed by atoms with E-state index in [9.17, 15) is 9.59 Å². The van der Waals surface area contributed by atoms with Gasteiger partial charge in [-0.05, 0) is 26.0 Å². The lowest BCUT2D eigenvalue weighted by Gasteiger charge is -2.07. The average Bonchev–Trinajstić information content (AvgIpc) is 2.84. The van der Waals surface area contributed by atoms with Crippen molar-refractivity contribution in [1.82, 2.24) is 4.98 Å². The standard InChI is InChI=1S/C14H15BrN2O3/c1-3-20-14(19)11-7-9-5-4-6-10(12(9)16-11)17-13(18)8(2)15/h4-8,16H,3H2,1-2H3,(H,17,18). The number of esters is 1. The Morgan fingerprint density at radius 2 is 2.20 bits per heavy atom. The summed E-state index contributed by atoms with van der Waals surface area (Å²) >= 11 is 3.21. The Kier molecular flexibility index (Phi) is 4.44. The number of rotatable bonds is 4. The predicted octanol–water partition coefficient (Wildman–Crippen LogP) is 3.07. The second-order valence-corrected chi connectivity index (χ2v) is 5.65. The molecule has 0 radical (unpaired) electrons. The molecule has 0 saturated carbocycles. The van der Waals surface area contributed by atoms with Crippen LogP contribution in [0.15, 0.2) is 24.3 Å². The molecule has 2 N–H and O–H groups in total. The normalized spacial score (nSPS) is 12.2.